The molecule has 1 fully saturated rings. The highest BCUT2D eigenvalue weighted by molar-refractivity contribution is 7.99. The Labute approximate surface area is 184 Å². The zero-order valence-corrected chi connectivity index (χ0v) is 18.5. The van der Waals surface area contributed by atoms with Crippen LogP contribution in [-0.4, -0.2) is 83.4 Å². The fourth-order valence-electron chi connectivity index (χ4n) is 3.35. The fraction of sp³-hybridized carbons (Fsp3) is 0.421. The second-order valence-electron chi connectivity index (χ2n) is 6.93. The van der Waals surface area contributed by atoms with Gasteiger partial charge in [-0.3, -0.25) is 4.79 Å². The molecule has 1 aromatic carbocycles. The average Bonchev–Trinajstić information content (AvgIpc) is 3.24. The average molecular weight is 466 g/mol. The SMILES string of the molecule is C=CCn1cnnc1SCC(=O)N1CCN(S(=O)(=O)c2ccc3c(c2)OCCO3)CC1. The van der Waals surface area contributed by atoms with Crippen LogP contribution < -0.4 is 9.47 Å². The predicted molar refractivity (Wildman–Crippen MR) is 114 cm³/mol. The second kappa shape index (κ2) is 9.28. The van der Waals surface area contributed by atoms with Gasteiger partial charge in [0.1, 0.15) is 19.5 Å². The van der Waals surface area contributed by atoms with E-state index in [1.165, 1.54) is 28.2 Å². The van der Waals surface area contributed by atoms with Gasteiger partial charge in [-0.1, -0.05) is 17.8 Å². The van der Waals surface area contributed by atoms with E-state index in [1.54, 1.807) is 23.4 Å². The van der Waals surface area contributed by atoms with Crippen LogP contribution in [0.2, 0.25) is 0 Å². The summed E-state index contributed by atoms with van der Waals surface area (Å²) >= 11 is 1.30. The summed E-state index contributed by atoms with van der Waals surface area (Å²) in [5.41, 5.74) is 0. The molecule has 0 bridgehead atoms. The Morgan fingerprint density at radius 3 is 2.65 bits per heavy atom. The first-order valence-corrected chi connectivity index (χ1v) is 12.2. The lowest BCUT2D eigenvalue weighted by Crippen LogP contribution is -2.51. The van der Waals surface area contributed by atoms with E-state index in [2.05, 4.69) is 16.8 Å². The van der Waals surface area contributed by atoms with Crippen molar-refractivity contribution in [2.75, 3.05) is 45.1 Å². The molecule has 0 atom stereocenters. The maximum absolute atomic E-state index is 13.0. The normalized spacial score (nSPS) is 16.8. The molecule has 31 heavy (non-hydrogen) atoms. The largest absolute Gasteiger partial charge is 0.486 e. The highest BCUT2D eigenvalue weighted by Crippen LogP contribution is 2.33. The Hall–Kier alpha value is -2.57. The van der Waals surface area contributed by atoms with Crippen LogP contribution in [0, 0.1) is 0 Å². The minimum atomic E-state index is -3.68. The molecule has 1 saturated heterocycles. The molecule has 0 unspecified atom stereocenters. The number of allylic oxidation sites excluding steroid dienone is 1. The number of carbonyl (C=O) groups excluding carboxylic acids is 1. The highest BCUT2D eigenvalue weighted by atomic mass is 32.2. The van der Waals surface area contributed by atoms with Crippen molar-refractivity contribution in [1.29, 1.82) is 0 Å². The van der Waals surface area contributed by atoms with Gasteiger partial charge in [0.05, 0.1) is 10.6 Å². The molecule has 10 nitrogen and oxygen atoms in total. The molecule has 4 rings (SSSR count). The minimum absolute atomic E-state index is 0.0606. The molecule has 2 aromatic rings. The number of benzene rings is 1. The second-order valence-corrected chi connectivity index (χ2v) is 9.81. The number of sulfonamides is 1. The van der Waals surface area contributed by atoms with Crippen molar-refractivity contribution < 1.29 is 22.7 Å². The van der Waals surface area contributed by atoms with Gasteiger partial charge in [-0.15, -0.1) is 16.8 Å². The van der Waals surface area contributed by atoms with Crippen molar-refractivity contribution in [1.82, 2.24) is 24.0 Å². The van der Waals surface area contributed by atoms with Crippen molar-refractivity contribution >= 4 is 27.7 Å². The van der Waals surface area contributed by atoms with Gasteiger partial charge in [0, 0.05) is 38.8 Å². The van der Waals surface area contributed by atoms with E-state index in [1.807, 2.05) is 4.57 Å². The molecule has 12 heteroatoms. The van der Waals surface area contributed by atoms with Gasteiger partial charge < -0.3 is 18.9 Å². The maximum atomic E-state index is 13.0. The van der Waals surface area contributed by atoms with Crippen molar-refractivity contribution in [3.63, 3.8) is 0 Å². The van der Waals surface area contributed by atoms with E-state index in [-0.39, 0.29) is 29.6 Å². The number of carbonyl (C=O) groups is 1. The number of nitrogens with zero attached hydrogens (tertiary/aromatic N) is 5. The Kier molecular flexibility index (Phi) is 6.49. The van der Waals surface area contributed by atoms with Gasteiger partial charge in [0.15, 0.2) is 16.7 Å². The van der Waals surface area contributed by atoms with Gasteiger partial charge in [0.25, 0.3) is 0 Å². The lowest BCUT2D eigenvalue weighted by Gasteiger charge is -2.34. The molecule has 166 valence electrons. The van der Waals surface area contributed by atoms with Crippen molar-refractivity contribution in [2.45, 2.75) is 16.6 Å². The Bertz CT molecular complexity index is 1060. The van der Waals surface area contributed by atoms with Crippen LogP contribution in [-0.2, 0) is 21.4 Å². The Balaban J connectivity index is 1.34. The van der Waals surface area contributed by atoms with E-state index in [0.29, 0.717) is 49.5 Å². The summed E-state index contributed by atoms with van der Waals surface area (Å²) in [6, 6.07) is 4.64. The molecule has 0 radical (unpaired) electrons. The van der Waals surface area contributed by atoms with E-state index < -0.39 is 10.0 Å². The smallest absolute Gasteiger partial charge is 0.243 e. The van der Waals surface area contributed by atoms with Gasteiger partial charge in [-0.05, 0) is 12.1 Å². The molecular formula is C19H23N5O5S2. The highest BCUT2D eigenvalue weighted by Gasteiger charge is 2.31. The van der Waals surface area contributed by atoms with Crippen molar-refractivity contribution in [2.24, 2.45) is 0 Å². The summed E-state index contributed by atoms with van der Waals surface area (Å²) in [5.74, 6) is 1.13. The molecule has 0 saturated carbocycles. The van der Waals surface area contributed by atoms with Gasteiger partial charge in [0.2, 0.25) is 15.9 Å². The van der Waals surface area contributed by atoms with E-state index in [0.717, 1.165) is 0 Å². The summed E-state index contributed by atoms with van der Waals surface area (Å²) < 4.78 is 40.2. The van der Waals surface area contributed by atoms with E-state index in [4.69, 9.17) is 9.47 Å². The lowest BCUT2D eigenvalue weighted by molar-refractivity contribution is -0.129. The molecule has 0 spiro atoms. The van der Waals surface area contributed by atoms with Crippen LogP contribution in [0.25, 0.3) is 0 Å². The lowest BCUT2D eigenvalue weighted by atomic mass is 10.3. The molecule has 1 amide bonds. The van der Waals surface area contributed by atoms with Gasteiger partial charge in [-0.2, -0.15) is 4.31 Å². The molecule has 0 aliphatic carbocycles. The van der Waals surface area contributed by atoms with Crippen LogP contribution in [0.3, 0.4) is 0 Å². The number of thioether (sulfide) groups is 1. The fourth-order valence-corrected chi connectivity index (χ4v) is 5.61. The minimum Gasteiger partial charge on any atom is -0.486 e. The van der Waals surface area contributed by atoms with Crippen molar-refractivity contribution in [3.8, 4) is 11.5 Å². The number of fused-ring (bicyclic) bond motifs is 1. The number of rotatable bonds is 7. The number of aromatic nitrogens is 3. The third-order valence-electron chi connectivity index (χ3n) is 4.97. The van der Waals surface area contributed by atoms with Crippen LogP contribution >= 0.6 is 11.8 Å². The van der Waals surface area contributed by atoms with E-state index >= 15 is 0 Å². The number of hydrogen-bond acceptors (Lipinski definition) is 8. The number of piperazine rings is 1. The Morgan fingerprint density at radius 1 is 1.16 bits per heavy atom. The maximum Gasteiger partial charge on any atom is 0.243 e. The third-order valence-corrected chi connectivity index (χ3v) is 7.83. The zero-order valence-electron chi connectivity index (χ0n) is 16.8. The first-order chi connectivity index (χ1) is 15.0. The number of hydrogen-bond donors (Lipinski definition) is 0. The molecular weight excluding hydrogens is 442 g/mol. The van der Waals surface area contributed by atoms with Gasteiger partial charge in [-0.25, -0.2) is 8.42 Å². The summed E-state index contributed by atoms with van der Waals surface area (Å²) in [7, 11) is -3.68. The van der Waals surface area contributed by atoms with Gasteiger partial charge >= 0.3 is 0 Å². The van der Waals surface area contributed by atoms with E-state index in [9.17, 15) is 13.2 Å². The molecule has 2 aliphatic heterocycles. The first kappa shape index (κ1) is 21.7. The molecule has 3 heterocycles. The first-order valence-electron chi connectivity index (χ1n) is 9.78. The predicted octanol–water partition coefficient (Wildman–Crippen LogP) is 0.861. The monoisotopic (exact) mass is 465 g/mol. The quantitative estimate of drug-likeness (QED) is 0.438. The van der Waals surface area contributed by atoms with Crippen molar-refractivity contribution in [3.05, 3.63) is 37.2 Å². The third kappa shape index (κ3) is 4.70. The number of amides is 1. The molecule has 0 N–H and O–H groups in total. The Morgan fingerprint density at radius 2 is 1.90 bits per heavy atom. The van der Waals surface area contributed by atoms with Crippen LogP contribution in [0.4, 0.5) is 0 Å². The molecule has 1 aromatic heterocycles. The topological polar surface area (TPSA) is 107 Å². The van der Waals surface area contributed by atoms with Crippen LogP contribution in [0.15, 0.2) is 47.2 Å². The molecule has 2 aliphatic rings. The van der Waals surface area contributed by atoms with Crippen LogP contribution in [0.5, 0.6) is 11.5 Å². The zero-order chi connectivity index (χ0) is 21.8. The summed E-state index contributed by atoms with van der Waals surface area (Å²) in [6.45, 7) is 6.23. The number of ether oxygens (including phenoxy) is 2. The van der Waals surface area contributed by atoms with Crippen LogP contribution in [0.1, 0.15) is 0 Å². The summed E-state index contributed by atoms with van der Waals surface area (Å²) in [5, 5.41) is 8.51. The summed E-state index contributed by atoms with van der Waals surface area (Å²) in [6.07, 6.45) is 3.33. The standard InChI is InChI=1S/C19H23N5O5S2/c1-2-5-23-14-20-21-19(23)30-13-18(25)22-6-8-24(9-7-22)31(26,27)15-3-4-16-17(12-15)29-11-10-28-16/h2-4,12,14H,1,5-11,13H2. The summed E-state index contributed by atoms with van der Waals surface area (Å²) in [4.78, 5) is 14.4.